The van der Waals surface area contributed by atoms with Gasteiger partial charge in [-0.15, -0.1) is 0 Å². The highest BCUT2D eigenvalue weighted by Gasteiger charge is 2.29. The average Bonchev–Trinajstić information content (AvgIpc) is 3.86. The van der Waals surface area contributed by atoms with Crippen LogP contribution in [0.15, 0.2) is 255 Å². The molecule has 2 unspecified atom stereocenters. The number of hydrogen-bond donors (Lipinski definition) is 0. The standard InChI is InChI=1S/C65H42N4P2S2/c72-70(48-15-3-1-4-16-48,51-27-23-43-13-7-8-14-44(43)40-51)52-28-33-60(67-42-52)47-25-29-54-45(39-47)24-30-58-56-20-10-12-22-59(56)65-68-61-32-26-46(41-62(61)69(65)64(54)58)53-31-34-63(57-21-11-9-19-55(53)57)71(73,49-17-5-2-6-18-49)50-35-37-66-38-36-50/h1-42H. The molecule has 14 aromatic rings. The van der Waals surface area contributed by atoms with Crippen LogP contribution in [0.5, 0.6) is 0 Å². The van der Waals surface area contributed by atoms with Crippen LogP contribution in [-0.2, 0) is 23.6 Å². The maximum absolute atomic E-state index is 6.88. The Morgan fingerprint density at radius 2 is 1.01 bits per heavy atom. The minimum atomic E-state index is -2.46. The Kier molecular flexibility index (Phi) is 10.4. The van der Waals surface area contributed by atoms with Crippen molar-refractivity contribution in [3.05, 3.63) is 255 Å². The van der Waals surface area contributed by atoms with Gasteiger partial charge in [-0.3, -0.25) is 14.4 Å². The Hall–Kier alpha value is -7.95. The first kappa shape index (κ1) is 43.8. The van der Waals surface area contributed by atoms with Crippen molar-refractivity contribution in [1.29, 1.82) is 0 Å². The van der Waals surface area contributed by atoms with Crippen molar-refractivity contribution >= 4 is 138 Å². The minimum absolute atomic E-state index is 0.901. The maximum Gasteiger partial charge on any atom is 0.146 e. The van der Waals surface area contributed by atoms with E-state index in [4.69, 9.17) is 33.6 Å². The third kappa shape index (κ3) is 6.97. The summed E-state index contributed by atoms with van der Waals surface area (Å²) < 4.78 is 2.39. The molecule has 0 aliphatic carbocycles. The quantitative estimate of drug-likeness (QED) is 0.112. The van der Waals surface area contributed by atoms with Gasteiger partial charge in [-0.1, -0.05) is 212 Å². The van der Waals surface area contributed by atoms with Gasteiger partial charge in [0.2, 0.25) is 0 Å². The minimum Gasteiger partial charge on any atom is -0.291 e. The lowest BCUT2D eigenvalue weighted by molar-refractivity contribution is 1.32. The zero-order valence-corrected chi connectivity index (χ0v) is 42.7. The van der Waals surface area contributed by atoms with E-state index in [1.807, 2.05) is 18.6 Å². The highest BCUT2D eigenvalue weighted by molar-refractivity contribution is 8.26. The molecule has 4 aromatic heterocycles. The fourth-order valence-electron chi connectivity index (χ4n) is 11.1. The van der Waals surface area contributed by atoms with Crippen molar-refractivity contribution in [1.82, 2.24) is 19.4 Å². The van der Waals surface area contributed by atoms with Gasteiger partial charge in [-0.05, 0) is 113 Å². The molecule has 0 radical (unpaired) electrons. The lowest BCUT2D eigenvalue weighted by atomic mass is 9.97. The summed E-state index contributed by atoms with van der Waals surface area (Å²) in [7, 11) is 0. The Bertz CT molecular complexity index is 4570. The van der Waals surface area contributed by atoms with Crippen LogP contribution in [0.25, 0.3) is 93.1 Å². The molecule has 0 saturated heterocycles. The van der Waals surface area contributed by atoms with Gasteiger partial charge >= 0.3 is 0 Å². The molecule has 0 aliphatic heterocycles. The first-order valence-electron chi connectivity index (χ1n) is 24.4. The van der Waals surface area contributed by atoms with Crippen molar-refractivity contribution in [2.75, 3.05) is 0 Å². The van der Waals surface area contributed by atoms with Crippen LogP contribution in [0, 0.1) is 0 Å². The normalized spacial score (nSPS) is 13.5. The molecule has 0 spiro atoms. The topological polar surface area (TPSA) is 43.1 Å². The monoisotopic (exact) mass is 1000 g/mol. The Morgan fingerprint density at radius 1 is 0.384 bits per heavy atom. The van der Waals surface area contributed by atoms with E-state index in [2.05, 4.69) is 246 Å². The van der Waals surface area contributed by atoms with Gasteiger partial charge < -0.3 is 0 Å². The zero-order valence-electron chi connectivity index (χ0n) is 39.2. The van der Waals surface area contributed by atoms with Gasteiger partial charge in [-0.2, -0.15) is 0 Å². The molecule has 0 amide bonds. The van der Waals surface area contributed by atoms with Crippen LogP contribution in [0.1, 0.15) is 0 Å². The van der Waals surface area contributed by atoms with E-state index in [0.717, 1.165) is 98.0 Å². The molecule has 4 nitrogen and oxygen atoms in total. The first-order chi connectivity index (χ1) is 35.9. The van der Waals surface area contributed by atoms with E-state index >= 15 is 0 Å². The van der Waals surface area contributed by atoms with Gasteiger partial charge in [0.25, 0.3) is 0 Å². The van der Waals surface area contributed by atoms with Crippen molar-refractivity contribution in [2.24, 2.45) is 0 Å². The lowest BCUT2D eigenvalue weighted by Crippen LogP contribution is -2.25. The highest BCUT2D eigenvalue weighted by atomic mass is 32.4. The molecule has 0 saturated carbocycles. The number of imidazole rings is 1. The van der Waals surface area contributed by atoms with Gasteiger partial charge in [-0.25, -0.2) is 4.98 Å². The highest BCUT2D eigenvalue weighted by Crippen LogP contribution is 2.47. The molecule has 0 N–H and O–H groups in total. The molecule has 0 aliphatic rings. The van der Waals surface area contributed by atoms with E-state index in [1.165, 1.54) is 26.8 Å². The van der Waals surface area contributed by atoms with Gasteiger partial charge in [0.05, 0.1) is 22.2 Å². The number of nitrogens with zero attached hydrogens (tertiary/aromatic N) is 4. The second-order valence-electron chi connectivity index (χ2n) is 18.6. The van der Waals surface area contributed by atoms with Crippen LogP contribution in [-0.4, -0.2) is 19.4 Å². The lowest BCUT2D eigenvalue weighted by Gasteiger charge is -2.26. The van der Waals surface area contributed by atoms with Gasteiger partial charge in [0.1, 0.15) is 5.65 Å². The fraction of sp³-hybridized carbons (Fsp3) is 0. The van der Waals surface area contributed by atoms with Crippen LogP contribution in [0.4, 0.5) is 0 Å². The third-order valence-corrected chi connectivity index (χ3v) is 24.5. The predicted molar refractivity (Wildman–Crippen MR) is 319 cm³/mol. The van der Waals surface area contributed by atoms with E-state index < -0.39 is 12.1 Å². The number of rotatable bonds is 8. The summed E-state index contributed by atoms with van der Waals surface area (Å²) in [6, 6.07) is 80.0. The summed E-state index contributed by atoms with van der Waals surface area (Å²) in [6.07, 6.45) is 5.74. The van der Waals surface area contributed by atoms with E-state index in [1.54, 1.807) is 0 Å². The summed E-state index contributed by atoms with van der Waals surface area (Å²) in [6.45, 7) is 0. The molecule has 2 atom stereocenters. The number of hydrogen-bond acceptors (Lipinski definition) is 5. The van der Waals surface area contributed by atoms with Crippen LogP contribution >= 0.6 is 12.1 Å². The number of fused-ring (bicyclic) bond motifs is 12. The molecule has 0 fully saturated rings. The Labute approximate surface area is 432 Å². The molecular formula is C65H42N4P2S2. The van der Waals surface area contributed by atoms with Crippen molar-refractivity contribution in [2.45, 2.75) is 0 Å². The fourth-order valence-corrected chi connectivity index (χ4v) is 18.8. The summed E-state index contributed by atoms with van der Waals surface area (Å²) in [4.78, 5) is 14.9. The number of aromatic nitrogens is 4. The maximum atomic E-state index is 6.88. The molecule has 10 aromatic carbocycles. The van der Waals surface area contributed by atoms with E-state index in [-0.39, 0.29) is 0 Å². The average molecular weight is 1010 g/mol. The molecular weight excluding hydrogens is 963 g/mol. The van der Waals surface area contributed by atoms with E-state index in [9.17, 15) is 0 Å². The molecule has 344 valence electrons. The van der Waals surface area contributed by atoms with Crippen LogP contribution in [0.3, 0.4) is 0 Å². The van der Waals surface area contributed by atoms with Crippen LogP contribution in [0.2, 0.25) is 0 Å². The van der Waals surface area contributed by atoms with Crippen LogP contribution < -0.4 is 31.8 Å². The zero-order chi connectivity index (χ0) is 48.7. The summed E-state index contributed by atoms with van der Waals surface area (Å²) in [5.74, 6) is 0. The SMILES string of the molecule is S=P(c1ccccc1)(c1ccc(-c2ccc3c(ccc4c5ccccc5c5nc6ccc(-c7ccc(P(=S)(c8ccccc8)c8ccncc8)c8ccccc78)cc6n5c34)c2)nc1)c1ccc2ccccc2c1. The number of benzene rings is 10. The van der Waals surface area contributed by atoms with Crippen molar-refractivity contribution in [3.63, 3.8) is 0 Å². The predicted octanol–water partition coefficient (Wildman–Crippen LogP) is 13.9. The summed E-state index contributed by atoms with van der Waals surface area (Å²) in [5, 5.41) is 17.3. The number of pyridine rings is 3. The molecule has 0 bridgehead atoms. The second kappa shape index (κ2) is 17.4. The van der Waals surface area contributed by atoms with E-state index in [0.29, 0.717) is 0 Å². The molecule has 8 heteroatoms. The smallest absolute Gasteiger partial charge is 0.146 e. The van der Waals surface area contributed by atoms with Gasteiger partial charge in [0.15, 0.2) is 0 Å². The first-order valence-corrected chi connectivity index (χ1v) is 30.0. The Balaban J connectivity index is 0.914. The molecule has 73 heavy (non-hydrogen) atoms. The largest absolute Gasteiger partial charge is 0.291 e. The molecule has 14 rings (SSSR count). The summed E-state index contributed by atoms with van der Waals surface area (Å²) in [5.41, 5.74) is 8.27. The van der Waals surface area contributed by atoms with Gasteiger partial charge in [0, 0.05) is 63.0 Å². The Morgan fingerprint density at radius 3 is 1.78 bits per heavy atom. The van der Waals surface area contributed by atoms with Crippen molar-refractivity contribution < 1.29 is 0 Å². The van der Waals surface area contributed by atoms with Crippen molar-refractivity contribution in [3.8, 4) is 22.4 Å². The third-order valence-electron chi connectivity index (χ3n) is 14.6. The summed E-state index contributed by atoms with van der Waals surface area (Å²) >= 11 is 13.7. The molecule has 4 heterocycles. The second-order valence-corrected chi connectivity index (χ2v) is 27.4.